The maximum absolute atomic E-state index is 13.4. The molecule has 0 radical (unpaired) electrons. The molecule has 0 spiro atoms. The van der Waals surface area contributed by atoms with E-state index in [1.165, 1.54) is 0 Å². The van der Waals surface area contributed by atoms with Gasteiger partial charge in [0.05, 0.1) is 12.7 Å². The molecule has 144 valence electrons. The number of hydrogen-bond acceptors (Lipinski definition) is 4. The van der Waals surface area contributed by atoms with E-state index in [1.807, 2.05) is 42.5 Å². The fourth-order valence-corrected chi connectivity index (χ4v) is 4.36. The summed E-state index contributed by atoms with van der Waals surface area (Å²) in [6.45, 7) is 1.81. The fraction of sp³-hybridized carbons (Fsp3) is 0.200. The van der Waals surface area contributed by atoms with E-state index in [4.69, 9.17) is 4.74 Å². The Bertz CT molecular complexity index is 1130. The zero-order valence-corrected chi connectivity index (χ0v) is 16.3. The van der Waals surface area contributed by atoms with Gasteiger partial charge >= 0.3 is 0 Å². The minimum atomic E-state index is -0.0778. The maximum atomic E-state index is 13.4. The normalized spacial score (nSPS) is 15.3. The van der Waals surface area contributed by atoms with Crippen molar-refractivity contribution in [2.45, 2.75) is 12.8 Å². The smallest absolute Gasteiger partial charge is 0.196 e. The summed E-state index contributed by atoms with van der Waals surface area (Å²) in [6, 6.07) is 18.8. The van der Waals surface area contributed by atoms with Crippen molar-refractivity contribution >= 4 is 17.3 Å². The summed E-state index contributed by atoms with van der Waals surface area (Å²) in [5.74, 6) is 0.649. The first-order valence-corrected chi connectivity index (χ1v) is 9.93. The Kier molecular flexibility index (Phi) is 4.20. The van der Waals surface area contributed by atoms with Gasteiger partial charge in [-0.2, -0.15) is 0 Å². The zero-order valence-electron chi connectivity index (χ0n) is 16.3. The van der Waals surface area contributed by atoms with Crippen molar-refractivity contribution in [1.29, 1.82) is 0 Å². The standard InChI is InChI=1S/C25H21NO3/c1-29-18-10-8-16(9-11-18)17-14-21-23(22(15-17)26-12-4-5-13-26)25(28)20-7-3-2-6-19(20)24(21)27/h2-3,6-11,14-15H,4-5,12-13H2,1H3. The topological polar surface area (TPSA) is 46.6 Å². The molecule has 29 heavy (non-hydrogen) atoms. The van der Waals surface area contributed by atoms with E-state index in [2.05, 4.69) is 11.0 Å². The van der Waals surface area contributed by atoms with Gasteiger partial charge in [-0.25, -0.2) is 0 Å². The molecule has 1 aliphatic carbocycles. The van der Waals surface area contributed by atoms with Gasteiger partial charge < -0.3 is 9.64 Å². The molecule has 1 fully saturated rings. The van der Waals surface area contributed by atoms with Crippen LogP contribution in [0.5, 0.6) is 5.75 Å². The van der Waals surface area contributed by atoms with E-state index in [1.54, 1.807) is 19.2 Å². The molecule has 4 nitrogen and oxygen atoms in total. The van der Waals surface area contributed by atoms with E-state index in [0.717, 1.165) is 48.5 Å². The Morgan fingerprint density at radius 1 is 0.759 bits per heavy atom. The molecule has 0 unspecified atom stereocenters. The molecule has 2 aliphatic rings. The molecule has 0 bridgehead atoms. The number of hydrogen-bond donors (Lipinski definition) is 0. The van der Waals surface area contributed by atoms with E-state index in [0.29, 0.717) is 22.3 Å². The van der Waals surface area contributed by atoms with Crippen molar-refractivity contribution < 1.29 is 14.3 Å². The Labute approximate surface area is 169 Å². The number of anilines is 1. The minimum Gasteiger partial charge on any atom is -0.497 e. The Hall–Kier alpha value is -3.40. The number of ketones is 2. The quantitative estimate of drug-likeness (QED) is 0.513. The van der Waals surface area contributed by atoms with E-state index in [-0.39, 0.29) is 11.6 Å². The summed E-state index contributed by atoms with van der Waals surface area (Å²) in [7, 11) is 1.64. The van der Waals surface area contributed by atoms with Crippen molar-refractivity contribution in [1.82, 2.24) is 0 Å². The first kappa shape index (κ1) is 17.7. The lowest BCUT2D eigenvalue weighted by atomic mass is 9.81. The molecule has 3 aromatic rings. The van der Waals surface area contributed by atoms with Crippen LogP contribution in [0.1, 0.15) is 44.7 Å². The molecule has 3 aromatic carbocycles. The number of carbonyl (C=O) groups is 2. The lowest BCUT2D eigenvalue weighted by Crippen LogP contribution is -2.27. The second kappa shape index (κ2) is 6.89. The van der Waals surface area contributed by atoms with Gasteiger partial charge in [0.25, 0.3) is 0 Å². The van der Waals surface area contributed by atoms with Gasteiger partial charge in [-0.1, -0.05) is 36.4 Å². The molecule has 5 rings (SSSR count). The first-order valence-electron chi connectivity index (χ1n) is 9.93. The SMILES string of the molecule is COc1ccc(-c2cc3c(c(N4CCCC4)c2)C(=O)c2ccccc2C3=O)cc1. The van der Waals surface area contributed by atoms with Crippen molar-refractivity contribution in [3.05, 3.63) is 82.9 Å². The molecule has 0 amide bonds. The number of carbonyl (C=O) groups excluding carboxylic acids is 2. The number of rotatable bonds is 3. The van der Waals surface area contributed by atoms with Crippen LogP contribution in [0.2, 0.25) is 0 Å². The third-order valence-electron chi connectivity index (χ3n) is 5.88. The van der Waals surface area contributed by atoms with Crippen molar-refractivity contribution in [2.75, 3.05) is 25.1 Å². The highest BCUT2D eigenvalue weighted by Crippen LogP contribution is 2.39. The monoisotopic (exact) mass is 383 g/mol. The van der Waals surface area contributed by atoms with Crippen LogP contribution < -0.4 is 9.64 Å². The Morgan fingerprint density at radius 3 is 2.07 bits per heavy atom. The largest absolute Gasteiger partial charge is 0.497 e. The minimum absolute atomic E-state index is 0.0571. The van der Waals surface area contributed by atoms with Crippen LogP contribution in [-0.4, -0.2) is 31.8 Å². The summed E-state index contributed by atoms with van der Waals surface area (Å²) in [5.41, 5.74) is 4.85. The van der Waals surface area contributed by atoms with Crippen LogP contribution in [-0.2, 0) is 0 Å². The van der Waals surface area contributed by atoms with Crippen LogP contribution in [0, 0.1) is 0 Å². The molecule has 0 atom stereocenters. The maximum Gasteiger partial charge on any atom is 0.196 e. The van der Waals surface area contributed by atoms with Crippen molar-refractivity contribution in [3.63, 3.8) is 0 Å². The van der Waals surface area contributed by atoms with Gasteiger partial charge in [0.1, 0.15) is 5.75 Å². The average Bonchev–Trinajstić information content (AvgIpc) is 3.31. The van der Waals surface area contributed by atoms with Gasteiger partial charge in [-0.3, -0.25) is 9.59 Å². The number of nitrogens with zero attached hydrogens (tertiary/aromatic N) is 1. The molecule has 1 saturated heterocycles. The first-order chi connectivity index (χ1) is 14.2. The Morgan fingerprint density at radius 2 is 1.41 bits per heavy atom. The molecule has 0 saturated carbocycles. The average molecular weight is 383 g/mol. The van der Waals surface area contributed by atoms with Crippen LogP contribution >= 0.6 is 0 Å². The van der Waals surface area contributed by atoms with Gasteiger partial charge in [-0.05, 0) is 48.2 Å². The van der Waals surface area contributed by atoms with Gasteiger partial charge in [-0.15, -0.1) is 0 Å². The highest BCUT2D eigenvalue weighted by Gasteiger charge is 2.34. The van der Waals surface area contributed by atoms with Crippen LogP contribution in [0.3, 0.4) is 0 Å². The number of ether oxygens (including phenoxy) is 1. The van der Waals surface area contributed by atoms with Crippen LogP contribution in [0.15, 0.2) is 60.7 Å². The van der Waals surface area contributed by atoms with Crippen LogP contribution in [0.4, 0.5) is 5.69 Å². The summed E-state index contributed by atoms with van der Waals surface area (Å²) < 4.78 is 5.26. The molecular formula is C25H21NO3. The third-order valence-corrected chi connectivity index (χ3v) is 5.88. The zero-order chi connectivity index (χ0) is 20.0. The number of benzene rings is 3. The predicted octanol–water partition coefficient (Wildman–Crippen LogP) is 4.74. The van der Waals surface area contributed by atoms with Crippen molar-refractivity contribution in [2.24, 2.45) is 0 Å². The number of methoxy groups -OCH3 is 1. The van der Waals surface area contributed by atoms with Crippen LogP contribution in [0.25, 0.3) is 11.1 Å². The molecular weight excluding hydrogens is 362 g/mol. The lowest BCUT2D eigenvalue weighted by molar-refractivity contribution is 0.0979. The van der Waals surface area contributed by atoms with Gasteiger partial charge in [0.15, 0.2) is 11.6 Å². The molecule has 0 N–H and O–H groups in total. The summed E-state index contributed by atoms with van der Waals surface area (Å²) in [4.78, 5) is 28.9. The molecule has 1 aliphatic heterocycles. The summed E-state index contributed by atoms with van der Waals surface area (Å²) in [5, 5.41) is 0. The molecule has 4 heteroatoms. The lowest BCUT2D eigenvalue weighted by Gasteiger charge is -2.27. The van der Waals surface area contributed by atoms with Gasteiger partial charge in [0, 0.05) is 35.5 Å². The van der Waals surface area contributed by atoms with Crippen molar-refractivity contribution in [3.8, 4) is 16.9 Å². The summed E-state index contributed by atoms with van der Waals surface area (Å²) in [6.07, 6.45) is 2.19. The second-order valence-electron chi connectivity index (χ2n) is 7.54. The Balaban J connectivity index is 1.73. The highest BCUT2D eigenvalue weighted by molar-refractivity contribution is 6.30. The highest BCUT2D eigenvalue weighted by atomic mass is 16.5. The summed E-state index contributed by atoms with van der Waals surface area (Å²) >= 11 is 0. The van der Waals surface area contributed by atoms with Gasteiger partial charge in [0.2, 0.25) is 0 Å². The number of fused-ring (bicyclic) bond motifs is 2. The predicted molar refractivity (Wildman–Crippen MR) is 113 cm³/mol. The second-order valence-corrected chi connectivity index (χ2v) is 7.54. The van der Waals surface area contributed by atoms with E-state index in [9.17, 15) is 9.59 Å². The molecule has 1 heterocycles. The van der Waals surface area contributed by atoms with E-state index >= 15 is 0 Å². The third kappa shape index (κ3) is 2.83. The molecule has 0 aromatic heterocycles. The van der Waals surface area contributed by atoms with E-state index < -0.39 is 0 Å². The fourth-order valence-electron chi connectivity index (χ4n) is 4.36.